The van der Waals surface area contributed by atoms with E-state index < -0.39 is 0 Å². The maximum atomic E-state index is 5.05. The first-order valence-electron chi connectivity index (χ1n) is 6.42. The van der Waals surface area contributed by atoms with Gasteiger partial charge in [0, 0.05) is 36.6 Å². The number of ether oxygens (including phenoxy) is 1. The maximum absolute atomic E-state index is 5.05. The van der Waals surface area contributed by atoms with Crippen LogP contribution in [0.3, 0.4) is 0 Å². The quantitative estimate of drug-likeness (QED) is 0.791. The monoisotopic (exact) mass is 355 g/mol. The summed E-state index contributed by atoms with van der Waals surface area (Å²) in [5, 5.41) is 0.930. The molecule has 0 fully saturated rings. The van der Waals surface area contributed by atoms with E-state index in [1.807, 2.05) is 13.1 Å². The molecule has 0 radical (unpaired) electrons. The molecule has 0 N–H and O–H groups in total. The molecule has 0 spiro atoms. The fourth-order valence-electron chi connectivity index (χ4n) is 1.87. The lowest BCUT2D eigenvalue weighted by Gasteiger charge is -2.25. The van der Waals surface area contributed by atoms with Gasteiger partial charge in [-0.15, -0.1) is 0 Å². The van der Waals surface area contributed by atoms with Crippen molar-refractivity contribution in [2.24, 2.45) is 0 Å². The van der Waals surface area contributed by atoms with Crippen LogP contribution < -0.4 is 4.90 Å². The fourth-order valence-corrected chi connectivity index (χ4v) is 3.24. The van der Waals surface area contributed by atoms with Gasteiger partial charge in [-0.1, -0.05) is 34.1 Å². The molecule has 0 aliphatic heterocycles. The van der Waals surface area contributed by atoms with Crippen LogP contribution in [0.25, 0.3) is 0 Å². The number of benzene rings is 1. The molecule has 2 rings (SSSR count). The minimum absolute atomic E-state index is 0.230. The average Bonchev–Trinajstić information content (AvgIpc) is 2.93. The van der Waals surface area contributed by atoms with E-state index in [1.165, 1.54) is 17.1 Å². The second kappa shape index (κ2) is 7.15. The fraction of sp³-hybridized carbons (Fsp3) is 0.429. The number of nitrogens with zero attached hydrogens (tertiary/aromatic N) is 3. The second-order valence-electron chi connectivity index (χ2n) is 4.54. The molecule has 0 amide bonds. The Hall–Kier alpha value is -0.980. The molecule has 108 valence electrons. The van der Waals surface area contributed by atoms with E-state index in [2.05, 4.69) is 55.3 Å². The van der Waals surface area contributed by atoms with Gasteiger partial charge >= 0.3 is 0 Å². The van der Waals surface area contributed by atoms with Crippen LogP contribution in [0.4, 0.5) is 5.13 Å². The van der Waals surface area contributed by atoms with E-state index in [1.54, 1.807) is 7.11 Å². The Labute approximate surface area is 132 Å². The van der Waals surface area contributed by atoms with Crippen molar-refractivity contribution in [1.29, 1.82) is 0 Å². The highest BCUT2D eigenvalue weighted by atomic mass is 79.9. The summed E-state index contributed by atoms with van der Waals surface area (Å²) < 4.78 is 10.5. The molecule has 6 heteroatoms. The summed E-state index contributed by atoms with van der Waals surface area (Å²) in [6.45, 7) is 2.82. The zero-order valence-electron chi connectivity index (χ0n) is 11.8. The number of hydrogen-bond acceptors (Lipinski definition) is 5. The van der Waals surface area contributed by atoms with Crippen molar-refractivity contribution in [2.45, 2.75) is 19.4 Å². The summed E-state index contributed by atoms with van der Waals surface area (Å²) in [5.41, 5.74) is 1.24. The molecule has 0 aliphatic carbocycles. The van der Waals surface area contributed by atoms with Gasteiger partial charge in [-0.2, -0.15) is 4.37 Å². The number of anilines is 1. The lowest BCUT2D eigenvalue weighted by Crippen LogP contribution is -2.21. The highest BCUT2D eigenvalue weighted by molar-refractivity contribution is 9.10. The number of rotatable bonds is 6. The molecule has 1 unspecified atom stereocenters. The Morgan fingerprint density at radius 3 is 2.85 bits per heavy atom. The second-order valence-corrected chi connectivity index (χ2v) is 6.13. The van der Waals surface area contributed by atoms with E-state index in [9.17, 15) is 0 Å². The summed E-state index contributed by atoms with van der Waals surface area (Å²) in [5.74, 6) is 0.845. The zero-order chi connectivity index (χ0) is 14.5. The third kappa shape index (κ3) is 3.56. The Morgan fingerprint density at radius 2 is 2.15 bits per heavy atom. The summed E-state index contributed by atoms with van der Waals surface area (Å²) in [6, 6.07) is 8.48. The van der Waals surface area contributed by atoms with Gasteiger partial charge in [0.1, 0.15) is 5.82 Å². The average molecular weight is 356 g/mol. The molecular weight excluding hydrogens is 338 g/mol. The Bertz CT molecular complexity index is 561. The largest absolute Gasteiger partial charge is 0.384 e. The van der Waals surface area contributed by atoms with Crippen LogP contribution in [0.1, 0.15) is 24.4 Å². The van der Waals surface area contributed by atoms with Crippen molar-refractivity contribution >= 4 is 32.6 Å². The highest BCUT2D eigenvalue weighted by Crippen LogP contribution is 2.30. The third-order valence-electron chi connectivity index (χ3n) is 3.23. The Kier molecular flexibility index (Phi) is 5.51. The Morgan fingerprint density at radius 1 is 1.40 bits per heavy atom. The summed E-state index contributed by atoms with van der Waals surface area (Å²) in [6.07, 6.45) is 0.754. The summed E-state index contributed by atoms with van der Waals surface area (Å²) in [4.78, 5) is 6.71. The van der Waals surface area contributed by atoms with Gasteiger partial charge < -0.3 is 9.64 Å². The van der Waals surface area contributed by atoms with Crippen LogP contribution in [-0.2, 0) is 11.2 Å². The summed E-state index contributed by atoms with van der Waals surface area (Å²) >= 11 is 5.03. The molecule has 20 heavy (non-hydrogen) atoms. The van der Waals surface area contributed by atoms with Gasteiger partial charge in [-0.3, -0.25) is 0 Å². The van der Waals surface area contributed by atoms with Crippen molar-refractivity contribution in [3.63, 3.8) is 0 Å². The smallest absolute Gasteiger partial charge is 0.205 e. The Balaban J connectivity index is 2.12. The number of methoxy groups -OCH3 is 1. The first-order valence-corrected chi connectivity index (χ1v) is 7.99. The first kappa shape index (κ1) is 15.4. The van der Waals surface area contributed by atoms with Crippen molar-refractivity contribution < 1.29 is 4.74 Å². The van der Waals surface area contributed by atoms with Gasteiger partial charge in [-0.25, -0.2) is 4.98 Å². The van der Waals surface area contributed by atoms with E-state index in [0.29, 0.717) is 6.61 Å². The van der Waals surface area contributed by atoms with Crippen LogP contribution in [0.5, 0.6) is 0 Å². The van der Waals surface area contributed by atoms with Crippen LogP contribution in [-0.4, -0.2) is 30.1 Å². The van der Waals surface area contributed by atoms with E-state index in [0.717, 1.165) is 21.8 Å². The molecule has 0 saturated carbocycles. The van der Waals surface area contributed by atoms with Gasteiger partial charge in [0.2, 0.25) is 5.13 Å². The predicted molar refractivity (Wildman–Crippen MR) is 86.4 cm³/mol. The molecular formula is C14H18BrN3OS. The van der Waals surface area contributed by atoms with Crippen molar-refractivity contribution in [1.82, 2.24) is 9.36 Å². The SMILES string of the molecule is COCCc1nsc(N(C)C(C)c2ccccc2Br)n1. The normalized spacial score (nSPS) is 12.4. The van der Waals surface area contributed by atoms with E-state index in [4.69, 9.17) is 4.74 Å². The lowest BCUT2D eigenvalue weighted by atomic mass is 10.1. The topological polar surface area (TPSA) is 38.2 Å². The minimum Gasteiger partial charge on any atom is -0.384 e. The minimum atomic E-state index is 0.230. The van der Waals surface area contributed by atoms with Gasteiger partial charge in [-0.05, 0) is 18.6 Å². The molecule has 4 nitrogen and oxygen atoms in total. The predicted octanol–water partition coefficient (Wildman–Crippen LogP) is 3.69. The highest BCUT2D eigenvalue weighted by Gasteiger charge is 2.18. The van der Waals surface area contributed by atoms with Gasteiger partial charge in [0.05, 0.1) is 12.6 Å². The molecule has 1 aromatic heterocycles. The van der Waals surface area contributed by atoms with E-state index >= 15 is 0 Å². The molecule has 2 aromatic rings. The molecule has 0 aliphatic rings. The van der Waals surface area contributed by atoms with Gasteiger partial charge in [0.15, 0.2) is 0 Å². The number of aromatic nitrogens is 2. The third-order valence-corrected chi connectivity index (χ3v) is 4.79. The number of hydrogen-bond donors (Lipinski definition) is 0. The number of halogens is 1. The van der Waals surface area contributed by atoms with E-state index in [-0.39, 0.29) is 6.04 Å². The standard InChI is InChI=1S/C14H18BrN3OS/c1-10(11-6-4-5-7-12(11)15)18(2)14-16-13(17-20-14)8-9-19-3/h4-7,10H,8-9H2,1-3H3. The maximum Gasteiger partial charge on any atom is 0.205 e. The van der Waals surface area contributed by atoms with Crippen LogP contribution in [0, 0.1) is 0 Å². The van der Waals surface area contributed by atoms with Crippen molar-refractivity contribution in [3.8, 4) is 0 Å². The van der Waals surface area contributed by atoms with Gasteiger partial charge in [0.25, 0.3) is 0 Å². The molecule has 0 bridgehead atoms. The van der Waals surface area contributed by atoms with Crippen molar-refractivity contribution in [2.75, 3.05) is 25.7 Å². The zero-order valence-corrected chi connectivity index (χ0v) is 14.2. The molecule has 1 aromatic carbocycles. The molecule has 0 saturated heterocycles. The van der Waals surface area contributed by atoms with Crippen LogP contribution >= 0.6 is 27.5 Å². The van der Waals surface area contributed by atoms with Crippen LogP contribution in [0.2, 0.25) is 0 Å². The lowest BCUT2D eigenvalue weighted by molar-refractivity contribution is 0.201. The van der Waals surface area contributed by atoms with Crippen molar-refractivity contribution in [3.05, 3.63) is 40.1 Å². The summed E-state index contributed by atoms with van der Waals surface area (Å²) in [7, 11) is 3.74. The molecule has 1 heterocycles. The van der Waals surface area contributed by atoms with Crippen LogP contribution in [0.15, 0.2) is 28.7 Å². The molecule has 1 atom stereocenters. The first-order chi connectivity index (χ1) is 9.63.